The third-order valence-electron chi connectivity index (χ3n) is 4.28. The second-order valence-electron chi connectivity index (χ2n) is 5.77. The first-order valence-electron chi connectivity index (χ1n) is 7.51. The number of hydrogen-bond acceptors (Lipinski definition) is 2. The molecule has 5 heteroatoms. The lowest BCUT2D eigenvalue weighted by Crippen LogP contribution is -2.37. The zero-order valence-corrected chi connectivity index (χ0v) is 12.1. The molecule has 0 aromatic heterocycles. The molecule has 1 amide bonds. The van der Waals surface area contributed by atoms with Crippen LogP contribution in [0.4, 0.5) is 8.78 Å². The van der Waals surface area contributed by atoms with Crippen LogP contribution in [0.1, 0.15) is 31.2 Å². The predicted molar refractivity (Wildman–Crippen MR) is 77.6 cm³/mol. The first-order valence-corrected chi connectivity index (χ1v) is 7.51. The number of benzene rings is 1. The van der Waals surface area contributed by atoms with Gasteiger partial charge in [0.25, 0.3) is 0 Å². The summed E-state index contributed by atoms with van der Waals surface area (Å²) in [6, 6.07) is 3.54. The molecular formula is C16H22F2N2O. The molecule has 1 aromatic carbocycles. The largest absolute Gasteiger partial charge is 0.356 e. The summed E-state index contributed by atoms with van der Waals surface area (Å²) in [6.45, 7) is 1.27. The quantitative estimate of drug-likeness (QED) is 0.876. The van der Waals surface area contributed by atoms with E-state index >= 15 is 0 Å². The molecule has 0 spiro atoms. The van der Waals surface area contributed by atoms with E-state index < -0.39 is 11.6 Å². The van der Waals surface area contributed by atoms with Crippen LogP contribution < -0.4 is 11.1 Å². The highest BCUT2D eigenvalue weighted by Crippen LogP contribution is 2.28. The molecule has 2 rings (SSSR count). The Hall–Kier alpha value is -1.49. The fraction of sp³-hybridized carbons (Fsp3) is 0.562. The van der Waals surface area contributed by atoms with Gasteiger partial charge >= 0.3 is 0 Å². The zero-order chi connectivity index (χ0) is 15.2. The van der Waals surface area contributed by atoms with Crippen molar-refractivity contribution in [1.82, 2.24) is 5.32 Å². The van der Waals surface area contributed by atoms with Gasteiger partial charge in [0.1, 0.15) is 0 Å². The van der Waals surface area contributed by atoms with E-state index in [0.29, 0.717) is 30.5 Å². The molecular weight excluding hydrogens is 274 g/mol. The predicted octanol–water partition coefficient (Wildman–Crippen LogP) is 2.39. The fourth-order valence-corrected chi connectivity index (χ4v) is 3.01. The Labute approximate surface area is 123 Å². The van der Waals surface area contributed by atoms with E-state index in [1.807, 2.05) is 0 Å². The molecule has 0 heterocycles. The lowest BCUT2D eigenvalue weighted by Gasteiger charge is -2.30. The number of hydrogen-bond donors (Lipinski definition) is 2. The van der Waals surface area contributed by atoms with E-state index in [-0.39, 0.29) is 12.3 Å². The Bertz CT molecular complexity index is 493. The summed E-state index contributed by atoms with van der Waals surface area (Å²) < 4.78 is 25.9. The van der Waals surface area contributed by atoms with Gasteiger partial charge in [-0.15, -0.1) is 0 Å². The van der Waals surface area contributed by atoms with Crippen molar-refractivity contribution in [2.75, 3.05) is 13.1 Å². The van der Waals surface area contributed by atoms with E-state index in [0.717, 1.165) is 25.0 Å². The maximum atomic E-state index is 13.1. The van der Waals surface area contributed by atoms with Crippen molar-refractivity contribution in [2.24, 2.45) is 17.6 Å². The van der Waals surface area contributed by atoms with Gasteiger partial charge in [-0.3, -0.25) is 4.79 Å². The Morgan fingerprint density at radius 1 is 1.19 bits per heavy atom. The summed E-state index contributed by atoms with van der Waals surface area (Å²) in [5, 5.41) is 2.89. The molecule has 0 aliphatic heterocycles. The molecule has 0 saturated heterocycles. The van der Waals surface area contributed by atoms with Crippen molar-refractivity contribution in [3.05, 3.63) is 35.4 Å². The number of amides is 1. The molecule has 2 unspecified atom stereocenters. The third-order valence-corrected chi connectivity index (χ3v) is 4.28. The lowest BCUT2D eigenvalue weighted by molar-refractivity contribution is -0.120. The van der Waals surface area contributed by atoms with Gasteiger partial charge in [-0.05, 0) is 48.9 Å². The van der Waals surface area contributed by atoms with Crippen LogP contribution >= 0.6 is 0 Å². The maximum absolute atomic E-state index is 13.1. The minimum Gasteiger partial charge on any atom is -0.356 e. The number of rotatable bonds is 5. The Balaban J connectivity index is 1.82. The number of carbonyl (C=O) groups excluding carboxylic acids is 1. The molecule has 0 bridgehead atoms. The van der Waals surface area contributed by atoms with E-state index in [4.69, 9.17) is 5.73 Å². The van der Waals surface area contributed by atoms with E-state index in [2.05, 4.69) is 5.32 Å². The molecule has 2 atom stereocenters. The molecule has 0 radical (unpaired) electrons. The Morgan fingerprint density at radius 2 is 1.90 bits per heavy atom. The van der Waals surface area contributed by atoms with Gasteiger partial charge < -0.3 is 11.1 Å². The van der Waals surface area contributed by atoms with Crippen LogP contribution in [0.2, 0.25) is 0 Å². The summed E-state index contributed by atoms with van der Waals surface area (Å²) in [5.41, 5.74) is 6.24. The normalized spacial score (nSPS) is 22.0. The highest BCUT2D eigenvalue weighted by atomic mass is 19.2. The number of halogens is 2. The number of nitrogens with one attached hydrogen (secondary N) is 1. The average Bonchev–Trinajstić information content (AvgIpc) is 2.49. The first-order chi connectivity index (χ1) is 10.1. The van der Waals surface area contributed by atoms with Gasteiger partial charge in [0.2, 0.25) is 5.91 Å². The average molecular weight is 296 g/mol. The van der Waals surface area contributed by atoms with Gasteiger partial charge in [0.15, 0.2) is 11.6 Å². The number of carbonyl (C=O) groups is 1. The molecule has 1 saturated carbocycles. The molecule has 21 heavy (non-hydrogen) atoms. The minimum absolute atomic E-state index is 0.0667. The summed E-state index contributed by atoms with van der Waals surface area (Å²) in [7, 11) is 0. The van der Waals surface area contributed by atoms with E-state index in [1.54, 1.807) is 0 Å². The summed E-state index contributed by atoms with van der Waals surface area (Å²) in [5.74, 6) is -1.08. The summed E-state index contributed by atoms with van der Waals surface area (Å²) in [4.78, 5) is 11.9. The minimum atomic E-state index is -0.921. The van der Waals surface area contributed by atoms with E-state index in [9.17, 15) is 13.6 Å². The van der Waals surface area contributed by atoms with Crippen LogP contribution in [0.15, 0.2) is 18.2 Å². The molecule has 3 nitrogen and oxygen atoms in total. The van der Waals surface area contributed by atoms with Crippen molar-refractivity contribution in [3.63, 3.8) is 0 Å². The standard InChI is InChI=1S/C16H22F2N2O/c17-14-6-5-11(7-15(14)18)8-16(21)20-10-13-4-2-1-3-12(13)9-19/h5-7,12-13H,1-4,8-10,19H2,(H,20,21). The first kappa shape index (κ1) is 15.9. The summed E-state index contributed by atoms with van der Waals surface area (Å²) in [6.07, 6.45) is 4.67. The van der Waals surface area contributed by atoms with Crippen molar-refractivity contribution >= 4 is 5.91 Å². The van der Waals surface area contributed by atoms with E-state index in [1.165, 1.54) is 18.9 Å². The Morgan fingerprint density at radius 3 is 2.57 bits per heavy atom. The highest BCUT2D eigenvalue weighted by Gasteiger charge is 2.24. The molecule has 116 valence electrons. The molecule has 1 aromatic rings. The second kappa shape index (κ2) is 7.50. The van der Waals surface area contributed by atoms with Crippen LogP contribution in [-0.2, 0) is 11.2 Å². The van der Waals surface area contributed by atoms with Crippen LogP contribution in [0.3, 0.4) is 0 Å². The van der Waals surface area contributed by atoms with Gasteiger partial charge in [-0.2, -0.15) is 0 Å². The zero-order valence-electron chi connectivity index (χ0n) is 12.1. The smallest absolute Gasteiger partial charge is 0.224 e. The molecule has 1 fully saturated rings. The SMILES string of the molecule is NCC1CCCCC1CNC(=O)Cc1ccc(F)c(F)c1. The van der Waals surface area contributed by atoms with Gasteiger partial charge in [-0.25, -0.2) is 8.78 Å². The van der Waals surface area contributed by atoms with Crippen LogP contribution in [-0.4, -0.2) is 19.0 Å². The van der Waals surface area contributed by atoms with Crippen LogP contribution in [0.25, 0.3) is 0 Å². The van der Waals surface area contributed by atoms with Crippen LogP contribution in [0, 0.1) is 23.5 Å². The third kappa shape index (κ3) is 4.49. The topological polar surface area (TPSA) is 55.1 Å². The molecule has 3 N–H and O–H groups in total. The summed E-state index contributed by atoms with van der Waals surface area (Å²) >= 11 is 0. The molecule has 1 aliphatic carbocycles. The monoisotopic (exact) mass is 296 g/mol. The van der Waals surface area contributed by atoms with Crippen molar-refractivity contribution < 1.29 is 13.6 Å². The number of nitrogens with two attached hydrogens (primary N) is 1. The van der Waals surface area contributed by atoms with Gasteiger partial charge in [0.05, 0.1) is 6.42 Å². The highest BCUT2D eigenvalue weighted by molar-refractivity contribution is 5.78. The van der Waals surface area contributed by atoms with Crippen molar-refractivity contribution in [2.45, 2.75) is 32.1 Å². The molecule has 1 aliphatic rings. The fourth-order valence-electron chi connectivity index (χ4n) is 3.01. The van der Waals surface area contributed by atoms with Crippen molar-refractivity contribution in [1.29, 1.82) is 0 Å². The van der Waals surface area contributed by atoms with Gasteiger partial charge in [-0.1, -0.05) is 18.9 Å². The van der Waals surface area contributed by atoms with Crippen molar-refractivity contribution in [3.8, 4) is 0 Å². The van der Waals surface area contributed by atoms with Crippen LogP contribution in [0.5, 0.6) is 0 Å². The second-order valence-corrected chi connectivity index (χ2v) is 5.77. The van der Waals surface area contributed by atoms with Gasteiger partial charge in [0, 0.05) is 6.54 Å². The Kier molecular flexibility index (Phi) is 5.67. The lowest BCUT2D eigenvalue weighted by atomic mass is 9.79. The maximum Gasteiger partial charge on any atom is 0.224 e.